The molecule has 0 amide bonds. The molecule has 0 bridgehead atoms. The summed E-state index contributed by atoms with van der Waals surface area (Å²) in [5, 5.41) is 30.1. The molecule has 0 aliphatic heterocycles. The van der Waals surface area contributed by atoms with Crippen LogP contribution in [-0.4, -0.2) is 33.1 Å². The van der Waals surface area contributed by atoms with Crippen molar-refractivity contribution in [2.24, 2.45) is 17.3 Å². The fourth-order valence-corrected chi connectivity index (χ4v) is 6.23. The van der Waals surface area contributed by atoms with Crippen molar-refractivity contribution >= 4 is 0 Å². The highest BCUT2D eigenvalue weighted by Gasteiger charge is 2.48. The molecule has 0 aromatic rings. The second-order valence-corrected chi connectivity index (χ2v) is 10.8. The van der Waals surface area contributed by atoms with Crippen LogP contribution in [0.1, 0.15) is 105 Å². The van der Waals surface area contributed by atoms with Gasteiger partial charge in [0.1, 0.15) is 0 Å². The Labute approximate surface area is 191 Å². The Balaban J connectivity index is 0.00000166. The number of hydrogen-bond donors (Lipinski definition) is 3. The van der Waals surface area contributed by atoms with Crippen molar-refractivity contribution in [1.82, 2.24) is 0 Å². The minimum absolute atomic E-state index is 0.403. The van der Waals surface area contributed by atoms with Gasteiger partial charge in [0.05, 0.1) is 17.8 Å². The number of unbranched alkanes of at least 4 members (excludes halogenated alkanes) is 1. The summed E-state index contributed by atoms with van der Waals surface area (Å²) in [4.78, 5) is 0. The fourth-order valence-electron chi connectivity index (χ4n) is 6.23. The van der Waals surface area contributed by atoms with Crippen molar-refractivity contribution < 1.29 is 15.3 Å². The molecule has 0 saturated heterocycles. The molecule has 0 radical (unpaired) electrons. The van der Waals surface area contributed by atoms with E-state index in [4.69, 9.17) is 0 Å². The van der Waals surface area contributed by atoms with Gasteiger partial charge in [0.2, 0.25) is 0 Å². The van der Waals surface area contributed by atoms with Crippen molar-refractivity contribution in [2.75, 3.05) is 0 Å². The number of rotatable bonds is 6. The van der Waals surface area contributed by atoms with E-state index in [1.54, 1.807) is 5.57 Å². The average Bonchev–Trinajstić information content (AvgIpc) is 3.04. The third-order valence-electron chi connectivity index (χ3n) is 8.02. The van der Waals surface area contributed by atoms with Crippen molar-refractivity contribution in [2.45, 2.75) is 123 Å². The standard InChI is InChI=1S/C26H42O3.C2H6/c1-18-20(16-22(27)17-24(18)28)11-10-19-8-7-15-26(4)21(12-13-23(19)26)9-5-6-14-25(2,3)29;1-2/h10-11,21-24,27-29H,1,5-9,12-17H2,2-4H3;1-2H3/b19-10+,20-11-;/t21-,22+,23-,24?,26?;/m0./s1. The van der Waals surface area contributed by atoms with Crippen LogP contribution in [0.4, 0.5) is 0 Å². The zero-order valence-corrected chi connectivity index (χ0v) is 20.8. The van der Waals surface area contributed by atoms with Gasteiger partial charge in [-0.05, 0) is 93.6 Å². The predicted molar refractivity (Wildman–Crippen MR) is 131 cm³/mol. The predicted octanol–water partition coefficient (Wildman–Crippen LogP) is 6.48. The molecule has 31 heavy (non-hydrogen) atoms. The quantitative estimate of drug-likeness (QED) is 0.421. The fraction of sp³-hybridized carbons (Fsp3) is 0.786. The zero-order chi connectivity index (χ0) is 23.2. The summed E-state index contributed by atoms with van der Waals surface area (Å²) >= 11 is 0. The number of aliphatic hydroxyl groups excluding tert-OH is 2. The smallest absolute Gasteiger partial charge is 0.0811 e. The normalized spacial score (nSPS) is 36.3. The molecule has 5 atom stereocenters. The van der Waals surface area contributed by atoms with Gasteiger partial charge in [-0.2, -0.15) is 0 Å². The lowest BCUT2D eigenvalue weighted by atomic mass is 9.62. The molecule has 3 N–H and O–H groups in total. The molecule has 3 heteroatoms. The monoisotopic (exact) mass is 432 g/mol. The molecule has 3 aliphatic carbocycles. The molecule has 3 fully saturated rings. The van der Waals surface area contributed by atoms with Crippen molar-refractivity contribution in [3.05, 3.63) is 35.5 Å². The number of allylic oxidation sites excluding steroid dienone is 3. The van der Waals surface area contributed by atoms with Crippen LogP contribution in [0.2, 0.25) is 0 Å². The number of hydrogen-bond acceptors (Lipinski definition) is 3. The number of fused-ring (bicyclic) bond motifs is 1. The molecule has 3 rings (SSSR count). The van der Waals surface area contributed by atoms with Crippen LogP contribution in [0.5, 0.6) is 0 Å². The Bertz CT molecular complexity index is 654. The Kier molecular flexibility index (Phi) is 9.60. The first-order chi connectivity index (χ1) is 14.6. The van der Waals surface area contributed by atoms with E-state index in [0.717, 1.165) is 29.9 Å². The van der Waals surface area contributed by atoms with Gasteiger partial charge >= 0.3 is 0 Å². The van der Waals surface area contributed by atoms with Crippen molar-refractivity contribution in [1.29, 1.82) is 0 Å². The summed E-state index contributed by atoms with van der Waals surface area (Å²) in [6.07, 6.45) is 15.2. The van der Waals surface area contributed by atoms with E-state index < -0.39 is 17.8 Å². The van der Waals surface area contributed by atoms with E-state index in [1.165, 1.54) is 44.9 Å². The first-order valence-electron chi connectivity index (χ1n) is 12.8. The summed E-state index contributed by atoms with van der Waals surface area (Å²) in [5.74, 6) is 1.46. The minimum Gasteiger partial charge on any atom is -0.393 e. The lowest BCUT2D eigenvalue weighted by Gasteiger charge is -2.42. The molecule has 0 heterocycles. The maximum atomic E-state index is 10.1. The maximum absolute atomic E-state index is 10.1. The molecular weight excluding hydrogens is 384 g/mol. The summed E-state index contributed by atoms with van der Waals surface area (Å²) in [5.41, 5.74) is 3.22. The third-order valence-corrected chi connectivity index (χ3v) is 8.02. The molecule has 178 valence electrons. The van der Waals surface area contributed by atoms with Crippen LogP contribution in [0.15, 0.2) is 35.5 Å². The summed E-state index contributed by atoms with van der Waals surface area (Å²) in [7, 11) is 0. The highest BCUT2D eigenvalue weighted by Crippen LogP contribution is 2.58. The average molecular weight is 433 g/mol. The largest absolute Gasteiger partial charge is 0.393 e. The number of aliphatic hydroxyl groups is 3. The van der Waals surface area contributed by atoms with Gasteiger partial charge in [-0.3, -0.25) is 0 Å². The molecule has 0 aromatic heterocycles. The second kappa shape index (κ2) is 11.3. The van der Waals surface area contributed by atoms with Crippen LogP contribution in [0.25, 0.3) is 0 Å². The van der Waals surface area contributed by atoms with Gasteiger partial charge in [-0.25, -0.2) is 0 Å². The first kappa shape index (κ1) is 26.4. The molecule has 3 aliphatic rings. The molecule has 3 nitrogen and oxygen atoms in total. The summed E-state index contributed by atoms with van der Waals surface area (Å²) in [6, 6.07) is 0. The van der Waals surface area contributed by atoms with Crippen LogP contribution in [-0.2, 0) is 0 Å². The van der Waals surface area contributed by atoms with Gasteiger partial charge in [-0.1, -0.05) is 57.9 Å². The van der Waals surface area contributed by atoms with E-state index in [0.29, 0.717) is 24.2 Å². The topological polar surface area (TPSA) is 60.7 Å². The summed E-state index contributed by atoms with van der Waals surface area (Å²) in [6.45, 7) is 14.4. The molecule has 0 aromatic carbocycles. The SMILES string of the molecule is C=C1/C(=C\C=C2/CCCC3(C)[C@@H](CCCCC(C)(C)O)CC[C@@H]23)C[C@@H](O)CC1O.CC. The van der Waals surface area contributed by atoms with Crippen LogP contribution in [0.3, 0.4) is 0 Å². The van der Waals surface area contributed by atoms with Gasteiger partial charge in [0.25, 0.3) is 0 Å². The molecule has 2 unspecified atom stereocenters. The first-order valence-corrected chi connectivity index (χ1v) is 12.8. The zero-order valence-electron chi connectivity index (χ0n) is 20.8. The van der Waals surface area contributed by atoms with E-state index in [-0.39, 0.29) is 0 Å². The van der Waals surface area contributed by atoms with Crippen molar-refractivity contribution in [3.63, 3.8) is 0 Å². The van der Waals surface area contributed by atoms with Gasteiger partial charge in [0.15, 0.2) is 0 Å². The molecule has 0 spiro atoms. The van der Waals surface area contributed by atoms with Gasteiger partial charge < -0.3 is 15.3 Å². The highest BCUT2D eigenvalue weighted by molar-refractivity contribution is 5.38. The van der Waals surface area contributed by atoms with E-state index in [9.17, 15) is 15.3 Å². The molecule has 3 saturated carbocycles. The lowest BCUT2D eigenvalue weighted by molar-refractivity contribution is 0.0659. The second-order valence-electron chi connectivity index (χ2n) is 10.8. The van der Waals surface area contributed by atoms with E-state index >= 15 is 0 Å². The Morgan fingerprint density at radius 3 is 2.52 bits per heavy atom. The Hall–Kier alpha value is -0.900. The van der Waals surface area contributed by atoms with Crippen molar-refractivity contribution in [3.8, 4) is 0 Å². The highest BCUT2D eigenvalue weighted by atomic mass is 16.3. The van der Waals surface area contributed by atoms with Crippen LogP contribution < -0.4 is 0 Å². The summed E-state index contributed by atoms with van der Waals surface area (Å²) < 4.78 is 0. The van der Waals surface area contributed by atoms with E-state index in [2.05, 4.69) is 25.7 Å². The molecular formula is C28H48O3. The third kappa shape index (κ3) is 6.79. The Morgan fingerprint density at radius 2 is 1.84 bits per heavy atom. The van der Waals surface area contributed by atoms with Crippen LogP contribution in [0, 0.1) is 17.3 Å². The van der Waals surface area contributed by atoms with Crippen LogP contribution >= 0.6 is 0 Å². The van der Waals surface area contributed by atoms with Gasteiger partial charge in [0, 0.05) is 6.42 Å². The van der Waals surface area contributed by atoms with E-state index in [1.807, 2.05) is 27.7 Å². The van der Waals surface area contributed by atoms with Gasteiger partial charge in [-0.15, -0.1) is 0 Å². The lowest BCUT2D eigenvalue weighted by Crippen LogP contribution is -2.33. The minimum atomic E-state index is -0.611. The Morgan fingerprint density at radius 1 is 1.13 bits per heavy atom. The maximum Gasteiger partial charge on any atom is 0.0811 e.